The van der Waals surface area contributed by atoms with Crippen molar-refractivity contribution in [3.05, 3.63) is 0 Å². The van der Waals surface area contributed by atoms with Crippen LogP contribution in [0.5, 0.6) is 0 Å². The second kappa shape index (κ2) is 72.0. The van der Waals surface area contributed by atoms with Crippen LogP contribution < -0.4 is 0 Å². The van der Waals surface area contributed by atoms with Crippen LogP contribution in [0.2, 0.25) is 0 Å². The fraction of sp³-hybridized carbons (Fsp3) is 0.949. The maximum Gasteiger partial charge on any atom is 0.472 e. The average molecular weight is 1440 g/mol. The highest BCUT2D eigenvalue weighted by Crippen LogP contribution is 2.45. The lowest BCUT2D eigenvalue weighted by Crippen LogP contribution is -2.30. The topological polar surface area (TPSA) is 237 Å². The molecule has 0 saturated heterocycles. The molecule has 0 spiro atoms. The molecule has 17 nitrogen and oxygen atoms in total. The Bertz CT molecular complexity index is 1880. The number of carbonyl (C=O) groups excluding carboxylic acids is 4. The minimum absolute atomic E-state index is 0.106. The Hall–Kier alpha value is -1.94. The summed E-state index contributed by atoms with van der Waals surface area (Å²) in [4.78, 5) is 72.8. The van der Waals surface area contributed by atoms with Gasteiger partial charge in [0.25, 0.3) is 0 Å². The monoisotopic (exact) mass is 1440 g/mol. The number of ether oxygens (including phenoxy) is 4. The molecule has 0 fully saturated rings. The van der Waals surface area contributed by atoms with Crippen molar-refractivity contribution < 1.29 is 80.2 Å². The Morgan fingerprint density at radius 2 is 0.490 bits per heavy atom. The zero-order valence-electron chi connectivity index (χ0n) is 63.9. The van der Waals surface area contributed by atoms with E-state index in [0.717, 1.165) is 109 Å². The second-order valence-electron chi connectivity index (χ2n) is 28.7. The molecule has 582 valence electrons. The third kappa shape index (κ3) is 71.1. The van der Waals surface area contributed by atoms with Crippen molar-refractivity contribution in [3.63, 3.8) is 0 Å². The van der Waals surface area contributed by atoms with Gasteiger partial charge in [-0.3, -0.25) is 37.3 Å². The molecule has 3 unspecified atom stereocenters. The van der Waals surface area contributed by atoms with Gasteiger partial charge in [0.1, 0.15) is 19.3 Å². The van der Waals surface area contributed by atoms with E-state index in [-0.39, 0.29) is 25.7 Å². The number of carbonyl (C=O) groups is 4. The number of phosphoric acid groups is 2. The van der Waals surface area contributed by atoms with Crippen molar-refractivity contribution in [2.45, 2.75) is 438 Å². The lowest BCUT2D eigenvalue weighted by atomic mass is 9.99. The van der Waals surface area contributed by atoms with E-state index >= 15 is 0 Å². The molecule has 3 N–H and O–H groups in total. The number of rotatable bonds is 79. The van der Waals surface area contributed by atoms with Gasteiger partial charge in [-0.25, -0.2) is 9.13 Å². The van der Waals surface area contributed by atoms with Crippen molar-refractivity contribution >= 4 is 39.5 Å². The summed E-state index contributed by atoms with van der Waals surface area (Å²) in [7, 11) is -9.91. The van der Waals surface area contributed by atoms with E-state index in [4.69, 9.17) is 37.0 Å². The highest BCUT2D eigenvalue weighted by atomic mass is 31.2. The molecule has 0 aromatic rings. The first kappa shape index (κ1) is 96.1. The summed E-state index contributed by atoms with van der Waals surface area (Å²) >= 11 is 0. The first-order valence-corrected chi connectivity index (χ1v) is 44.2. The molecule has 0 heterocycles. The fourth-order valence-electron chi connectivity index (χ4n) is 12.2. The minimum atomic E-state index is -4.96. The molecule has 0 rings (SSSR count). The fourth-order valence-corrected chi connectivity index (χ4v) is 13.8. The van der Waals surface area contributed by atoms with Gasteiger partial charge < -0.3 is 33.8 Å². The predicted molar refractivity (Wildman–Crippen MR) is 400 cm³/mol. The van der Waals surface area contributed by atoms with Crippen LogP contribution in [0.15, 0.2) is 0 Å². The highest BCUT2D eigenvalue weighted by Gasteiger charge is 2.30. The Morgan fingerprint density at radius 3 is 0.724 bits per heavy atom. The number of esters is 4. The Labute approximate surface area is 600 Å². The van der Waals surface area contributed by atoms with E-state index in [1.807, 2.05) is 0 Å². The van der Waals surface area contributed by atoms with Crippen molar-refractivity contribution in [2.75, 3.05) is 39.6 Å². The Kier molecular flexibility index (Phi) is 70.6. The summed E-state index contributed by atoms with van der Waals surface area (Å²) in [6.07, 6.45) is 62.6. The average Bonchev–Trinajstić information content (AvgIpc) is 1.33. The summed E-state index contributed by atoms with van der Waals surface area (Å²) in [5, 5.41) is 10.6. The van der Waals surface area contributed by atoms with Gasteiger partial charge in [0.05, 0.1) is 26.4 Å². The number of phosphoric ester groups is 2. The van der Waals surface area contributed by atoms with Crippen LogP contribution in [0.1, 0.15) is 420 Å². The molecule has 0 aromatic heterocycles. The first-order valence-electron chi connectivity index (χ1n) is 41.2. The zero-order valence-corrected chi connectivity index (χ0v) is 65.7. The maximum atomic E-state index is 13.1. The van der Waals surface area contributed by atoms with Crippen LogP contribution in [0.3, 0.4) is 0 Å². The van der Waals surface area contributed by atoms with Gasteiger partial charge in [-0.15, -0.1) is 0 Å². The summed E-state index contributed by atoms with van der Waals surface area (Å²) in [6.45, 7) is 7.29. The number of hydrogen-bond acceptors (Lipinski definition) is 15. The normalized spacial score (nSPS) is 14.2. The lowest BCUT2D eigenvalue weighted by Gasteiger charge is -2.21. The summed E-state index contributed by atoms with van der Waals surface area (Å²) < 4.78 is 68.5. The molecule has 0 aliphatic carbocycles. The molecular formula is C79H154O17P2. The van der Waals surface area contributed by atoms with Gasteiger partial charge >= 0.3 is 39.5 Å². The van der Waals surface area contributed by atoms with Crippen LogP contribution in [0.25, 0.3) is 0 Å². The van der Waals surface area contributed by atoms with Crippen LogP contribution in [0.4, 0.5) is 0 Å². The molecule has 0 amide bonds. The summed E-state index contributed by atoms with van der Waals surface area (Å²) in [6, 6.07) is 0. The Balaban J connectivity index is 5.16. The van der Waals surface area contributed by atoms with Crippen molar-refractivity contribution in [2.24, 2.45) is 5.92 Å². The Morgan fingerprint density at radius 1 is 0.286 bits per heavy atom. The molecule has 0 radical (unpaired) electrons. The molecular weight excluding hydrogens is 1280 g/mol. The van der Waals surface area contributed by atoms with Crippen molar-refractivity contribution in [3.8, 4) is 0 Å². The SMILES string of the molecule is CCCCCCCCCCCCCCCCCCCCCCCCC(=O)O[C@H](COC(=O)CCCCCCCCCCCCCCCCC)COP(=O)(O)OC[C@@H](O)COP(=O)(O)OC[C@@H](COC(=O)CCCCCCCCC)OC(=O)CCCCCCCCCCCCC(C)CC. The lowest BCUT2D eigenvalue weighted by molar-refractivity contribution is -0.161. The third-order valence-corrected chi connectivity index (χ3v) is 20.8. The molecule has 98 heavy (non-hydrogen) atoms. The largest absolute Gasteiger partial charge is 0.472 e. The smallest absolute Gasteiger partial charge is 0.462 e. The standard InChI is InChI=1S/C79H154O17P2/c1-6-10-13-16-19-21-23-25-27-28-29-30-31-32-33-35-37-39-44-49-54-59-64-78(83)96-75(69-90-77(82)63-58-53-48-43-38-36-34-26-24-22-20-17-14-11-7-2)71-94-98(87,88)92-67-73(80)66-91-97(85,86)93-70-74(68-89-76(81)62-57-52-46-18-15-12-8-3)95-79(84)65-60-55-50-45-41-40-42-47-51-56-61-72(5)9-4/h72-75,80H,6-71H2,1-5H3,(H,85,86)(H,87,88)/t72?,73-,74+,75+/m0/s1. The third-order valence-electron chi connectivity index (χ3n) is 18.9. The molecule has 0 saturated carbocycles. The zero-order chi connectivity index (χ0) is 71.9. The van der Waals surface area contributed by atoms with Gasteiger partial charge in [-0.1, -0.05) is 369 Å². The first-order chi connectivity index (χ1) is 47.6. The number of aliphatic hydroxyl groups excluding tert-OH is 1. The summed E-state index contributed by atoms with van der Waals surface area (Å²) in [5.41, 5.74) is 0. The maximum absolute atomic E-state index is 13.1. The van der Waals surface area contributed by atoms with Crippen LogP contribution in [-0.4, -0.2) is 96.7 Å². The predicted octanol–water partition coefficient (Wildman–Crippen LogP) is 23.6. The van der Waals surface area contributed by atoms with Crippen molar-refractivity contribution in [1.29, 1.82) is 0 Å². The number of hydrogen-bond donors (Lipinski definition) is 3. The minimum Gasteiger partial charge on any atom is -0.462 e. The molecule has 0 aliphatic rings. The van der Waals surface area contributed by atoms with Crippen molar-refractivity contribution in [1.82, 2.24) is 0 Å². The van der Waals surface area contributed by atoms with E-state index in [1.54, 1.807) is 0 Å². The van der Waals surface area contributed by atoms with E-state index in [2.05, 4.69) is 34.6 Å². The number of unbranched alkanes of at least 4 members (excludes halogenated alkanes) is 50. The summed E-state index contributed by atoms with van der Waals surface area (Å²) in [5.74, 6) is -1.31. The van der Waals surface area contributed by atoms with Crippen LogP contribution in [-0.2, 0) is 65.4 Å². The van der Waals surface area contributed by atoms with Gasteiger partial charge in [-0.05, 0) is 31.6 Å². The van der Waals surface area contributed by atoms with Gasteiger partial charge in [-0.2, -0.15) is 0 Å². The highest BCUT2D eigenvalue weighted by molar-refractivity contribution is 7.47. The molecule has 0 bridgehead atoms. The second-order valence-corrected chi connectivity index (χ2v) is 31.6. The van der Waals surface area contributed by atoms with E-state index in [0.29, 0.717) is 25.7 Å². The van der Waals surface area contributed by atoms with Crippen LogP contribution >= 0.6 is 15.6 Å². The van der Waals surface area contributed by atoms with Gasteiger partial charge in [0.2, 0.25) is 0 Å². The van der Waals surface area contributed by atoms with Gasteiger partial charge in [0, 0.05) is 25.7 Å². The number of aliphatic hydroxyl groups is 1. The molecule has 0 aromatic carbocycles. The van der Waals surface area contributed by atoms with Crippen LogP contribution in [0, 0.1) is 5.92 Å². The van der Waals surface area contributed by atoms with E-state index in [1.165, 1.54) is 231 Å². The van der Waals surface area contributed by atoms with E-state index in [9.17, 15) is 43.2 Å². The molecule has 6 atom stereocenters. The van der Waals surface area contributed by atoms with E-state index < -0.39 is 97.5 Å². The quantitative estimate of drug-likeness (QED) is 0.0222. The molecule has 0 aliphatic heterocycles. The van der Waals surface area contributed by atoms with Gasteiger partial charge in [0.15, 0.2) is 12.2 Å². The molecule has 19 heteroatoms.